The van der Waals surface area contributed by atoms with E-state index in [1.807, 2.05) is 0 Å². The molecule has 0 aliphatic rings. The van der Waals surface area contributed by atoms with Crippen molar-refractivity contribution in [2.24, 2.45) is 0 Å². The molecule has 1 unspecified atom stereocenters. The fourth-order valence-electron chi connectivity index (χ4n) is 0.217. The molecule has 0 aliphatic heterocycles. The molecule has 3 heteroatoms. The van der Waals surface area contributed by atoms with Crippen LogP contribution < -0.4 is 0 Å². The highest BCUT2D eigenvalue weighted by Gasteiger charge is 1.97. The molecular weight excluding hydrogens is 99.0 g/mol. The van der Waals surface area contributed by atoms with Crippen LogP contribution >= 0.6 is 0 Å². The summed E-state index contributed by atoms with van der Waals surface area (Å²) in [7, 11) is 0. The molecule has 0 aromatic rings. The zero-order valence-electron chi connectivity index (χ0n) is 3.97. The third-order valence-corrected chi connectivity index (χ3v) is 0.653. The van der Waals surface area contributed by atoms with Gasteiger partial charge in [-0.1, -0.05) is 0 Å². The average Bonchev–Trinajstić information content (AvgIpc) is 1.68. The van der Waals surface area contributed by atoms with Crippen LogP contribution in [0.15, 0.2) is 0 Å². The van der Waals surface area contributed by atoms with Crippen molar-refractivity contribution in [3.8, 4) is 0 Å². The van der Waals surface area contributed by atoms with Crippen molar-refractivity contribution in [2.75, 3.05) is 13.3 Å². The minimum atomic E-state index is -0.870. The van der Waals surface area contributed by atoms with Gasteiger partial charge in [0.15, 0.2) is 0 Å². The lowest BCUT2D eigenvalue weighted by molar-refractivity contribution is 0.0824. The summed E-state index contributed by atoms with van der Waals surface area (Å²) >= 11 is 0. The molecule has 0 bridgehead atoms. The van der Waals surface area contributed by atoms with Crippen LogP contribution in [0.4, 0.5) is 4.39 Å². The molecule has 0 radical (unpaired) electrons. The number of aliphatic hydroxyl groups is 2. The topological polar surface area (TPSA) is 40.5 Å². The zero-order valence-corrected chi connectivity index (χ0v) is 3.97. The third kappa shape index (κ3) is 3.69. The van der Waals surface area contributed by atoms with Crippen LogP contribution in [-0.4, -0.2) is 29.6 Å². The maximum absolute atomic E-state index is 11.2. The van der Waals surface area contributed by atoms with Crippen molar-refractivity contribution in [3.05, 3.63) is 0 Å². The Hall–Kier alpha value is -0.150. The summed E-state index contributed by atoms with van der Waals surface area (Å²) in [5, 5.41) is 16.4. The van der Waals surface area contributed by atoms with Gasteiger partial charge in [0.25, 0.3) is 0 Å². The maximum atomic E-state index is 11.2. The van der Waals surface area contributed by atoms with Crippen LogP contribution in [-0.2, 0) is 0 Å². The van der Waals surface area contributed by atoms with Gasteiger partial charge in [-0.3, -0.25) is 4.39 Å². The minimum absolute atomic E-state index is 0.0382. The Morgan fingerprint density at radius 1 is 1.57 bits per heavy atom. The maximum Gasteiger partial charge on any atom is 0.0919 e. The van der Waals surface area contributed by atoms with Crippen LogP contribution in [0.5, 0.6) is 0 Å². The van der Waals surface area contributed by atoms with Crippen LogP contribution in [0.1, 0.15) is 6.42 Å². The summed E-state index contributed by atoms with van der Waals surface area (Å²) < 4.78 is 11.2. The SMILES string of the molecule is OCC(O)CCF. The zero-order chi connectivity index (χ0) is 5.70. The Morgan fingerprint density at radius 2 is 2.14 bits per heavy atom. The van der Waals surface area contributed by atoms with Crippen LogP contribution in [0, 0.1) is 0 Å². The van der Waals surface area contributed by atoms with E-state index in [1.165, 1.54) is 0 Å². The van der Waals surface area contributed by atoms with Gasteiger partial charge in [0.1, 0.15) is 0 Å². The first kappa shape index (κ1) is 6.85. The van der Waals surface area contributed by atoms with E-state index in [-0.39, 0.29) is 13.0 Å². The Morgan fingerprint density at radius 3 is 2.29 bits per heavy atom. The number of alkyl halides is 1. The minimum Gasteiger partial charge on any atom is -0.394 e. The quantitative estimate of drug-likeness (QED) is 0.521. The van der Waals surface area contributed by atoms with Gasteiger partial charge in [0.05, 0.1) is 19.4 Å². The van der Waals surface area contributed by atoms with Crippen molar-refractivity contribution in [2.45, 2.75) is 12.5 Å². The number of halogens is 1. The number of hydrogen-bond donors (Lipinski definition) is 2. The summed E-state index contributed by atoms with van der Waals surface area (Å²) in [5.74, 6) is 0. The van der Waals surface area contributed by atoms with Gasteiger partial charge >= 0.3 is 0 Å². The van der Waals surface area contributed by atoms with Crippen molar-refractivity contribution >= 4 is 0 Å². The second-order valence-corrected chi connectivity index (χ2v) is 1.31. The van der Waals surface area contributed by atoms with Crippen LogP contribution in [0.25, 0.3) is 0 Å². The molecule has 0 saturated heterocycles. The molecule has 2 nitrogen and oxygen atoms in total. The lowest BCUT2D eigenvalue weighted by Crippen LogP contribution is -2.11. The molecule has 0 amide bonds. The van der Waals surface area contributed by atoms with Gasteiger partial charge in [0.2, 0.25) is 0 Å². The molecule has 0 aromatic carbocycles. The summed E-state index contributed by atoms with van der Waals surface area (Å²) in [4.78, 5) is 0. The number of rotatable bonds is 3. The average molecular weight is 108 g/mol. The molecule has 0 spiro atoms. The smallest absolute Gasteiger partial charge is 0.0919 e. The molecule has 0 aliphatic carbocycles. The van der Waals surface area contributed by atoms with E-state index in [4.69, 9.17) is 10.2 Å². The van der Waals surface area contributed by atoms with Gasteiger partial charge in [-0.05, 0) is 0 Å². The Balaban J connectivity index is 2.83. The summed E-state index contributed by atoms with van der Waals surface area (Å²) in [6.07, 6.45) is -0.832. The highest BCUT2D eigenvalue weighted by molar-refractivity contribution is 4.48. The molecule has 0 rings (SSSR count). The van der Waals surface area contributed by atoms with Gasteiger partial charge < -0.3 is 10.2 Å². The summed E-state index contributed by atoms with van der Waals surface area (Å²) in [5.41, 5.74) is 0. The van der Waals surface area contributed by atoms with Gasteiger partial charge in [-0.2, -0.15) is 0 Å². The molecule has 44 valence electrons. The molecule has 0 fully saturated rings. The van der Waals surface area contributed by atoms with E-state index in [9.17, 15) is 4.39 Å². The van der Waals surface area contributed by atoms with Crippen LogP contribution in [0.3, 0.4) is 0 Å². The molecule has 2 N–H and O–H groups in total. The van der Waals surface area contributed by atoms with E-state index >= 15 is 0 Å². The van der Waals surface area contributed by atoms with E-state index in [0.29, 0.717) is 0 Å². The molecule has 7 heavy (non-hydrogen) atoms. The third-order valence-electron chi connectivity index (χ3n) is 0.653. The van der Waals surface area contributed by atoms with Gasteiger partial charge in [0, 0.05) is 6.42 Å². The van der Waals surface area contributed by atoms with Crippen molar-refractivity contribution in [3.63, 3.8) is 0 Å². The Labute approximate surface area is 41.6 Å². The first-order valence-electron chi connectivity index (χ1n) is 2.16. The van der Waals surface area contributed by atoms with Crippen molar-refractivity contribution < 1.29 is 14.6 Å². The Kier molecular flexibility index (Phi) is 3.93. The monoisotopic (exact) mass is 108 g/mol. The second kappa shape index (κ2) is 4.02. The van der Waals surface area contributed by atoms with E-state index < -0.39 is 12.8 Å². The number of hydrogen-bond acceptors (Lipinski definition) is 2. The fraction of sp³-hybridized carbons (Fsp3) is 1.00. The molecule has 0 saturated carbocycles. The largest absolute Gasteiger partial charge is 0.394 e. The first-order valence-corrected chi connectivity index (χ1v) is 2.16. The first-order chi connectivity index (χ1) is 3.31. The predicted molar refractivity (Wildman–Crippen MR) is 23.7 cm³/mol. The molecular formula is C4H9FO2. The predicted octanol–water partition coefficient (Wildman–Crippen LogP) is -0.301. The van der Waals surface area contributed by atoms with Gasteiger partial charge in [-0.25, -0.2) is 0 Å². The summed E-state index contributed by atoms with van der Waals surface area (Å²) in [6, 6.07) is 0. The van der Waals surface area contributed by atoms with Crippen LogP contribution in [0.2, 0.25) is 0 Å². The lowest BCUT2D eigenvalue weighted by atomic mass is 10.3. The molecule has 0 heterocycles. The molecule has 0 aromatic heterocycles. The normalized spacial score (nSPS) is 14.1. The van der Waals surface area contributed by atoms with Gasteiger partial charge in [-0.15, -0.1) is 0 Å². The standard InChI is InChI=1S/C4H9FO2/c5-2-1-4(7)3-6/h4,6-7H,1-3H2. The van der Waals surface area contributed by atoms with Crippen molar-refractivity contribution in [1.82, 2.24) is 0 Å². The highest BCUT2D eigenvalue weighted by Crippen LogP contribution is 1.87. The summed E-state index contributed by atoms with van der Waals surface area (Å²) in [6.45, 7) is -0.911. The van der Waals surface area contributed by atoms with E-state index in [1.54, 1.807) is 0 Å². The Bertz CT molecular complexity index is 40.7. The van der Waals surface area contributed by atoms with E-state index in [2.05, 4.69) is 0 Å². The number of aliphatic hydroxyl groups excluding tert-OH is 2. The molecule has 1 atom stereocenters. The highest BCUT2D eigenvalue weighted by atomic mass is 19.1. The fourth-order valence-corrected chi connectivity index (χ4v) is 0.217. The van der Waals surface area contributed by atoms with Crippen molar-refractivity contribution in [1.29, 1.82) is 0 Å². The lowest BCUT2D eigenvalue weighted by Gasteiger charge is -1.99. The van der Waals surface area contributed by atoms with E-state index in [0.717, 1.165) is 0 Å². The second-order valence-electron chi connectivity index (χ2n) is 1.31.